The normalized spacial score (nSPS) is 15.5. The molecular weight excluding hydrogens is 380 g/mol. The van der Waals surface area contributed by atoms with Gasteiger partial charge in [-0.3, -0.25) is 0 Å². The molecule has 4 rings (SSSR count). The fourth-order valence-electron chi connectivity index (χ4n) is 3.46. The average molecular weight is 404 g/mol. The fraction of sp³-hybridized carbons (Fsp3) is 0.261. The zero-order valence-corrected chi connectivity index (χ0v) is 17.2. The molecule has 0 aliphatic carbocycles. The Morgan fingerprint density at radius 2 is 1.97 bits per heavy atom. The maximum atomic E-state index is 12.9. The molecule has 1 aliphatic heterocycles. The SMILES string of the molecule is CC1=C(C(=O)OC(C)C)[C@H](c2cccc(OCc3ccccc3)c2)n2ncnc2N1. The van der Waals surface area contributed by atoms with Crippen LogP contribution in [0.2, 0.25) is 0 Å². The van der Waals surface area contributed by atoms with Crippen molar-refractivity contribution in [3.8, 4) is 5.75 Å². The first kappa shape index (κ1) is 19.7. The molecule has 0 saturated carbocycles. The van der Waals surface area contributed by atoms with E-state index in [1.54, 1.807) is 4.68 Å². The van der Waals surface area contributed by atoms with Crippen molar-refractivity contribution >= 4 is 11.9 Å². The smallest absolute Gasteiger partial charge is 0.338 e. The Kier molecular flexibility index (Phi) is 5.52. The van der Waals surface area contributed by atoms with Crippen molar-refractivity contribution in [3.63, 3.8) is 0 Å². The van der Waals surface area contributed by atoms with E-state index in [0.29, 0.717) is 29.6 Å². The van der Waals surface area contributed by atoms with Crippen LogP contribution in [0.15, 0.2) is 72.2 Å². The third-order valence-corrected chi connectivity index (χ3v) is 4.78. The molecule has 30 heavy (non-hydrogen) atoms. The number of anilines is 1. The van der Waals surface area contributed by atoms with Crippen LogP contribution >= 0.6 is 0 Å². The summed E-state index contributed by atoms with van der Waals surface area (Å²) >= 11 is 0. The molecule has 0 unspecified atom stereocenters. The van der Waals surface area contributed by atoms with Gasteiger partial charge in [0, 0.05) is 5.70 Å². The number of hydrogen-bond donors (Lipinski definition) is 1. The second-order valence-corrected chi connectivity index (χ2v) is 7.40. The van der Waals surface area contributed by atoms with Gasteiger partial charge in [-0.05, 0) is 44.0 Å². The van der Waals surface area contributed by atoms with Gasteiger partial charge in [0.15, 0.2) is 0 Å². The van der Waals surface area contributed by atoms with Crippen LogP contribution in [-0.2, 0) is 16.1 Å². The van der Waals surface area contributed by atoms with Crippen molar-refractivity contribution in [3.05, 3.63) is 83.3 Å². The first-order chi connectivity index (χ1) is 14.5. The van der Waals surface area contributed by atoms with Gasteiger partial charge in [0.05, 0.1) is 11.7 Å². The Bertz CT molecular complexity index is 1070. The van der Waals surface area contributed by atoms with E-state index in [1.165, 1.54) is 6.33 Å². The van der Waals surface area contributed by atoms with E-state index < -0.39 is 6.04 Å². The highest BCUT2D eigenvalue weighted by molar-refractivity contribution is 5.92. The number of carbonyl (C=O) groups is 1. The van der Waals surface area contributed by atoms with Gasteiger partial charge in [-0.2, -0.15) is 10.1 Å². The van der Waals surface area contributed by atoms with E-state index in [4.69, 9.17) is 9.47 Å². The van der Waals surface area contributed by atoms with Crippen molar-refractivity contribution in [2.45, 2.75) is 39.5 Å². The van der Waals surface area contributed by atoms with Gasteiger partial charge in [0.2, 0.25) is 5.95 Å². The van der Waals surface area contributed by atoms with E-state index in [2.05, 4.69) is 15.4 Å². The minimum absolute atomic E-state index is 0.226. The maximum absolute atomic E-state index is 12.9. The van der Waals surface area contributed by atoms with Crippen molar-refractivity contribution in [2.24, 2.45) is 0 Å². The second kappa shape index (κ2) is 8.41. The lowest BCUT2D eigenvalue weighted by atomic mass is 9.95. The maximum Gasteiger partial charge on any atom is 0.338 e. The summed E-state index contributed by atoms with van der Waals surface area (Å²) in [4.78, 5) is 17.2. The summed E-state index contributed by atoms with van der Waals surface area (Å²) in [6.07, 6.45) is 1.24. The molecule has 0 fully saturated rings. The molecule has 0 amide bonds. The molecule has 1 aliphatic rings. The van der Waals surface area contributed by atoms with Crippen LogP contribution in [0.3, 0.4) is 0 Å². The van der Waals surface area contributed by atoms with Gasteiger partial charge >= 0.3 is 5.97 Å². The van der Waals surface area contributed by atoms with Gasteiger partial charge in [0.25, 0.3) is 0 Å². The number of nitrogens with one attached hydrogen (secondary N) is 1. The quantitative estimate of drug-likeness (QED) is 0.623. The van der Waals surface area contributed by atoms with Crippen LogP contribution in [0.1, 0.15) is 37.9 Å². The standard InChI is InChI=1S/C23H24N4O3/c1-15(2)30-22(28)20-16(3)26-23-24-14-25-27(23)21(20)18-10-7-11-19(12-18)29-13-17-8-5-4-6-9-17/h4-12,14-15,21H,13H2,1-3H3,(H,24,25,26)/t21-/m0/s1. The summed E-state index contributed by atoms with van der Waals surface area (Å²) in [5.41, 5.74) is 3.15. The number of nitrogens with zero attached hydrogens (tertiary/aromatic N) is 3. The molecule has 1 N–H and O–H groups in total. The molecule has 3 aromatic rings. The van der Waals surface area contributed by atoms with Crippen LogP contribution in [0, 0.1) is 0 Å². The number of hydrogen-bond acceptors (Lipinski definition) is 6. The number of allylic oxidation sites excluding steroid dienone is 1. The number of aromatic nitrogens is 3. The molecule has 0 radical (unpaired) electrons. The van der Waals surface area contributed by atoms with Crippen LogP contribution in [0.5, 0.6) is 5.75 Å². The first-order valence-corrected chi connectivity index (χ1v) is 9.88. The molecule has 0 saturated heterocycles. The molecule has 1 aromatic heterocycles. The highest BCUT2D eigenvalue weighted by Crippen LogP contribution is 2.36. The largest absolute Gasteiger partial charge is 0.489 e. The van der Waals surface area contributed by atoms with Gasteiger partial charge < -0.3 is 14.8 Å². The third-order valence-electron chi connectivity index (χ3n) is 4.78. The second-order valence-electron chi connectivity index (χ2n) is 7.40. The predicted octanol–water partition coefficient (Wildman–Crippen LogP) is 4.10. The van der Waals surface area contributed by atoms with E-state index in [-0.39, 0.29) is 12.1 Å². The van der Waals surface area contributed by atoms with E-state index in [0.717, 1.165) is 11.1 Å². The van der Waals surface area contributed by atoms with Crippen molar-refractivity contribution < 1.29 is 14.3 Å². The summed E-state index contributed by atoms with van der Waals surface area (Å²) in [7, 11) is 0. The Hall–Kier alpha value is -3.61. The average Bonchev–Trinajstić information content (AvgIpc) is 3.19. The highest BCUT2D eigenvalue weighted by atomic mass is 16.5. The number of benzene rings is 2. The lowest BCUT2D eigenvalue weighted by Crippen LogP contribution is -2.30. The number of esters is 1. The van der Waals surface area contributed by atoms with Crippen molar-refractivity contribution in [1.29, 1.82) is 0 Å². The van der Waals surface area contributed by atoms with Gasteiger partial charge in [-0.15, -0.1) is 0 Å². The minimum Gasteiger partial charge on any atom is -0.489 e. The van der Waals surface area contributed by atoms with Crippen molar-refractivity contribution in [2.75, 3.05) is 5.32 Å². The molecule has 154 valence electrons. The summed E-state index contributed by atoms with van der Waals surface area (Å²) < 4.78 is 13.2. The van der Waals surface area contributed by atoms with Gasteiger partial charge in [-0.1, -0.05) is 42.5 Å². The molecule has 7 nitrogen and oxygen atoms in total. The Morgan fingerprint density at radius 1 is 1.17 bits per heavy atom. The summed E-state index contributed by atoms with van der Waals surface area (Å²) in [6.45, 7) is 5.97. The topological polar surface area (TPSA) is 78.3 Å². The number of rotatable bonds is 6. The Labute approximate surface area is 175 Å². The molecule has 1 atom stereocenters. The van der Waals surface area contributed by atoms with Gasteiger partial charge in [-0.25, -0.2) is 9.48 Å². The third kappa shape index (κ3) is 4.05. The first-order valence-electron chi connectivity index (χ1n) is 9.88. The number of carbonyl (C=O) groups excluding carboxylic acids is 1. The van der Waals surface area contributed by atoms with E-state index in [9.17, 15) is 4.79 Å². The molecule has 7 heteroatoms. The zero-order valence-electron chi connectivity index (χ0n) is 17.2. The molecule has 0 spiro atoms. The number of ether oxygens (including phenoxy) is 2. The van der Waals surface area contributed by atoms with Crippen LogP contribution in [-0.4, -0.2) is 26.8 Å². The Balaban J connectivity index is 1.67. The molecule has 2 heterocycles. The number of fused-ring (bicyclic) bond motifs is 1. The summed E-state index contributed by atoms with van der Waals surface area (Å²) in [6, 6.07) is 17.2. The lowest BCUT2D eigenvalue weighted by molar-refractivity contribution is -0.143. The van der Waals surface area contributed by atoms with Crippen molar-refractivity contribution in [1.82, 2.24) is 14.8 Å². The summed E-state index contributed by atoms with van der Waals surface area (Å²) in [5.74, 6) is 0.914. The predicted molar refractivity (Wildman–Crippen MR) is 113 cm³/mol. The zero-order chi connectivity index (χ0) is 21.1. The van der Waals surface area contributed by atoms with Gasteiger partial charge in [0.1, 0.15) is 24.7 Å². The lowest BCUT2D eigenvalue weighted by Gasteiger charge is -2.28. The Morgan fingerprint density at radius 3 is 2.73 bits per heavy atom. The molecule has 2 aromatic carbocycles. The van der Waals surface area contributed by atoms with E-state index in [1.807, 2.05) is 75.4 Å². The highest BCUT2D eigenvalue weighted by Gasteiger charge is 2.34. The van der Waals surface area contributed by atoms with Crippen LogP contribution < -0.4 is 10.1 Å². The fourth-order valence-corrected chi connectivity index (χ4v) is 3.46. The minimum atomic E-state index is -0.463. The van der Waals surface area contributed by atoms with E-state index >= 15 is 0 Å². The summed E-state index contributed by atoms with van der Waals surface area (Å²) in [5, 5.41) is 7.49. The van der Waals surface area contributed by atoms with Crippen LogP contribution in [0.25, 0.3) is 0 Å². The molecule has 0 bridgehead atoms. The molecular formula is C23H24N4O3. The monoisotopic (exact) mass is 404 g/mol. The van der Waals surface area contributed by atoms with Crippen LogP contribution in [0.4, 0.5) is 5.95 Å².